The quantitative estimate of drug-likeness (QED) is 0.904. The van der Waals surface area contributed by atoms with Crippen LogP contribution in [0.1, 0.15) is 31.2 Å². The van der Waals surface area contributed by atoms with E-state index in [1.807, 2.05) is 43.3 Å². The van der Waals surface area contributed by atoms with Gasteiger partial charge in [-0.15, -0.1) is 0 Å². The van der Waals surface area contributed by atoms with E-state index in [4.69, 9.17) is 0 Å². The summed E-state index contributed by atoms with van der Waals surface area (Å²) in [6, 6.07) is 7.91. The summed E-state index contributed by atoms with van der Waals surface area (Å²) in [6.07, 6.45) is 4.16. The van der Waals surface area contributed by atoms with Crippen molar-refractivity contribution in [1.29, 1.82) is 0 Å². The summed E-state index contributed by atoms with van der Waals surface area (Å²) < 4.78 is 28.9. The molecule has 1 aliphatic heterocycles. The smallest absolute Gasteiger partial charge is 0.279 e. The molecule has 0 aliphatic carbocycles. The second-order valence-electron chi connectivity index (χ2n) is 5.70. The van der Waals surface area contributed by atoms with Crippen LogP contribution < -0.4 is 9.62 Å². The lowest BCUT2D eigenvalue weighted by molar-refractivity contribution is 0.414. The topological polar surface area (TPSA) is 52.7 Å². The van der Waals surface area contributed by atoms with Crippen LogP contribution in [0, 0.1) is 0 Å². The number of hydrogen-bond donors (Lipinski definition) is 1. The van der Waals surface area contributed by atoms with Gasteiger partial charge in [0.1, 0.15) is 0 Å². The summed E-state index contributed by atoms with van der Waals surface area (Å²) in [7, 11) is 0.608. The average molecular weight is 311 g/mol. The van der Waals surface area contributed by atoms with Crippen LogP contribution in [0.15, 0.2) is 24.3 Å². The van der Waals surface area contributed by atoms with E-state index in [1.54, 1.807) is 4.31 Å². The van der Waals surface area contributed by atoms with Crippen LogP contribution in [0.5, 0.6) is 0 Å². The average Bonchev–Trinajstić information content (AvgIpc) is 2.75. The van der Waals surface area contributed by atoms with Crippen molar-refractivity contribution in [3.05, 3.63) is 29.8 Å². The van der Waals surface area contributed by atoms with Crippen LogP contribution in [0.3, 0.4) is 0 Å². The number of rotatable bonds is 5. The summed E-state index contributed by atoms with van der Waals surface area (Å²) in [5, 5.41) is 0. The first-order valence-corrected chi connectivity index (χ1v) is 8.94. The van der Waals surface area contributed by atoms with Crippen molar-refractivity contribution >= 4 is 15.9 Å². The molecule has 0 spiro atoms. The number of nitrogens with one attached hydrogen (secondary N) is 1. The van der Waals surface area contributed by atoms with Gasteiger partial charge in [0, 0.05) is 39.4 Å². The van der Waals surface area contributed by atoms with Crippen molar-refractivity contribution < 1.29 is 8.42 Å². The largest absolute Gasteiger partial charge is 0.378 e. The molecule has 0 unspecified atom stereocenters. The zero-order valence-corrected chi connectivity index (χ0v) is 13.7. The third-order valence-electron chi connectivity index (χ3n) is 3.82. The normalized spacial score (nSPS) is 17.4. The van der Waals surface area contributed by atoms with Gasteiger partial charge in [-0.3, -0.25) is 0 Å². The van der Waals surface area contributed by atoms with E-state index < -0.39 is 10.2 Å². The van der Waals surface area contributed by atoms with Crippen LogP contribution in [0.2, 0.25) is 0 Å². The van der Waals surface area contributed by atoms with Crippen molar-refractivity contribution in [3.8, 4) is 0 Å². The van der Waals surface area contributed by atoms with Crippen molar-refractivity contribution in [2.45, 2.75) is 32.2 Å². The van der Waals surface area contributed by atoms with E-state index in [-0.39, 0.29) is 0 Å². The molecule has 1 N–H and O–H groups in total. The highest BCUT2D eigenvalue weighted by Gasteiger charge is 2.22. The Balaban J connectivity index is 1.94. The van der Waals surface area contributed by atoms with Gasteiger partial charge in [0.25, 0.3) is 10.2 Å². The Morgan fingerprint density at radius 2 is 1.62 bits per heavy atom. The van der Waals surface area contributed by atoms with Gasteiger partial charge in [-0.1, -0.05) is 25.0 Å². The third kappa shape index (κ3) is 4.69. The Kier molecular flexibility index (Phi) is 5.61. The lowest BCUT2D eigenvalue weighted by atomic mass is 10.2. The molecule has 0 saturated carbocycles. The molecule has 1 aromatic carbocycles. The lowest BCUT2D eigenvalue weighted by Crippen LogP contribution is -2.40. The number of hydrogen-bond acceptors (Lipinski definition) is 3. The van der Waals surface area contributed by atoms with Gasteiger partial charge < -0.3 is 4.90 Å². The molecular weight excluding hydrogens is 286 g/mol. The first-order valence-electron chi connectivity index (χ1n) is 7.50. The van der Waals surface area contributed by atoms with Gasteiger partial charge >= 0.3 is 0 Å². The van der Waals surface area contributed by atoms with Crippen molar-refractivity contribution in [1.82, 2.24) is 9.03 Å². The van der Waals surface area contributed by atoms with Gasteiger partial charge in [0.15, 0.2) is 0 Å². The molecule has 0 radical (unpaired) electrons. The van der Waals surface area contributed by atoms with Gasteiger partial charge in [0.05, 0.1) is 0 Å². The highest BCUT2D eigenvalue weighted by molar-refractivity contribution is 7.87. The molecule has 1 aliphatic rings. The standard InChI is InChI=1S/C15H25N3O2S/c1-17(2)15-9-7-14(8-10-15)13-16-21(19,20)18-11-5-3-4-6-12-18/h7-10,16H,3-6,11-13H2,1-2H3. The molecule has 0 bridgehead atoms. The summed E-state index contributed by atoms with van der Waals surface area (Å²) in [5.74, 6) is 0. The summed E-state index contributed by atoms with van der Waals surface area (Å²) in [4.78, 5) is 2.02. The minimum atomic E-state index is -3.36. The van der Waals surface area contributed by atoms with E-state index in [0.29, 0.717) is 19.6 Å². The molecular formula is C15H25N3O2S. The fourth-order valence-corrected chi connectivity index (χ4v) is 3.73. The van der Waals surface area contributed by atoms with Crippen molar-refractivity contribution in [2.24, 2.45) is 0 Å². The maximum Gasteiger partial charge on any atom is 0.279 e. The first kappa shape index (κ1) is 16.3. The van der Waals surface area contributed by atoms with Crippen LogP contribution in [-0.2, 0) is 16.8 Å². The number of nitrogens with zero attached hydrogens (tertiary/aromatic N) is 2. The lowest BCUT2D eigenvalue weighted by Gasteiger charge is -2.20. The minimum absolute atomic E-state index is 0.340. The molecule has 21 heavy (non-hydrogen) atoms. The third-order valence-corrected chi connectivity index (χ3v) is 5.37. The zero-order valence-electron chi connectivity index (χ0n) is 12.9. The van der Waals surface area contributed by atoms with Crippen LogP contribution in [0.4, 0.5) is 5.69 Å². The first-order chi connectivity index (χ1) is 9.99. The molecule has 2 rings (SSSR count). The van der Waals surface area contributed by atoms with E-state index >= 15 is 0 Å². The molecule has 1 fully saturated rings. The fourth-order valence-electron chi connectivity index (χ4n) is 2.46. The van der Waals surface area contributed by atoms with Gasteiger partial charge in [-0.25, -0.2) is 0 Å². The molecule has 0 amide bonds. The van der Waals surface area contributed by atoms with Crippen LogP contribution in [0.25, 0.3) is 0 Å². The minimum Gasteiger partial charge on any atom is -0.378 e. The van der Waals surface area contributed by atoms with Crippen molar-refractivity contribution in [2.75, 3.05) is 32.1 Å². The molecule has 118 valence electrons. The van der Waals surface area contributed by atoms with Crippen molar-refractivity contribution in [3.63, 3.8) is 0 Å². The second kappa shape index (κ2) is 7.24. The Labute approximate surface area is 128 Å². The number of anilines is 1. The van der Waals surface area contributed by atoms with Gasteiger partial charge in [0.2, 0.25) is 0 Å². The Hall–Kier alpha value is -1.11. The Bertz CT molecular complexity index is 533. The zero-order chi connectivity index (χ0) is 15.3. The second-order valence-corrected chi connectivity index (χ2v) is 7.46. The monoisotopic (exact) mass is 311 g/mol. The highest BCUT2D eigenvalue weighted by atomic mass is 32.2. The molecule has 1 saturated heterocycles. The van der Waals surface area contributed by atoms with E-state index in [2.05, 4.69) is 4.72 Å². The van der Waals surface area contributed by atoms with E-state index in [9.17, 15) is 8.42 Å². The SMILES string of the molecule is CN(C)c1ccc(CNS(=O)(=O)N2CCCCCC2)cc1. The summed E-state index contributed by atoms with van der Waals surface area (Å²) in [5.41, 5.74) is 2.08. The summed E-state index contributed by atoms with van der Waals surface area (Å²) in [6.45, 7) is 1.61. The van der Waals surface area contributed by atoms with Gasteiger partial charge in [-0.2, -0.15) is 17.4 Å². The predicted octanol–water partition coefficient (Wildman–Crippen LogP) is 1.96. The molecule has 6 heteroatoms. The molecule has 5 nitrogen and oxygen atoms in total. The Morgan fingerprint density at radius 1 is 1.05 bits per heavy atom. The molecule has 0 atom stereocenters. The molecule has 1 heterocycles. The maximum absolute atomic E-state index is 12.3. The fraction of sp³-hybridized carbons (Fsp3) is 0.600. The predicted molar refractivity (Wildman–Crippen MR) is 86.6 cm³/mol. The van der Waals surface area contributed by atoms with Crippen LogP contribution >= 0.6 is 0 Å². The Morgan fingerprint density at radius 3 is 2.14 bits per heavy atom. The van der Waals surface area contributed by atoms with Gasteiger partial charge in [-0.05, 0) is 30.5 Å². The molecule has 1 aromatic rings. The van der Waals surface area contributed by atoms with E-state index in [0.717, 1.165) is 36.9 Å². The number of benzene rings is 1. The summed E-state index contributed by atoms with van der Waals surface area (Å²) >= 11 is 0. The van der Waals surface area contributed by atoms with Crippen LogP contribution in [-0.4, -0.2) is 39.9 Å². The highest BCUT2D eigenvalue weighted by Crippen LogP contribution is 2.14. The maximum atomic E-state index is 12.3. The molecule has 0 aromatic heterocycles. The van der Waals surface area contributed by atoms with E-state index in [1.165, 1.54) is 0 Å².